The number of hydrogen-bond acceptors (Lipinski definition) is 5. The number of rotatable bonds is 8. The zero-order chi connectivity index (χ0) is 19.9. The molecule has 0 bridgehead atoms. The summed E-state index contributed by atoms with van der Waals surface area (Å²) in [4.78, 5) is 28.6. The summed E-state index contributed by atoms with van der Waals surface area (Å²) < 4.78 is 15.2. The lowest BCUT2D eigenvalue weighted by Crippen LogP contribution is -2.35. The van der Waals surface area contributed by atoms with E-state index in [-0.39, 0.29) is 42.4 Å². The molecule has 150 valence electrons. The molecule has 1 aliphatic rings. The highest BCUT2D eigenvalue weighted by Crippen LogP contribution is 2.21. The van der Waals surface area contributed by atoms with Gasteiger partial charge in [-0.3, -0.25) is 9.59 Å². The number of benzene rings is 1. The summed E-state index contributed by atoms with van der Waals surface area (Å²) in [6.45, 7) is -0.227. The predicted octanol–water partition coefficient (Wildman–Crippen LogP) is 2.30. The van der Waals surface area contributed by atoms with Gasteiger partial charge < -0.3 is 20.3 Å². The number of halogens is 1. The molecule has 2 amide bonds. The number of para-hydroxylation sites is 1. The zero-order valence-electron chi connectivity index (χ0n) is 15.4. The number of anilines is 1. The molecule has 3 N–H and O–H groups in total. The largest absolute Gasteiger partial charge is 0.390 e. The van der Waals surface area contributed by atoms with Crippen LogP contribution in [-0.4, -0.2) is 38.3 Å². The Labute approximate surface area is 166 Å². The number of thioether (sulfide) groups is 1. The van der Waals surface area contributed by atoms with Crippen LogP contribution in [0.3, 0.4) is 0 Å². The Morgan fingerprint density at radius 2 is 2.00 bits per heavy atom. The highest BCUT2D eigenvalue weighted by molar-refractivity contribution is 7.99. The van der Waals surface area contributed by atoms with Gasteiger partial charge in [0.05, 0.1) is 29.9 Å². The Bertz CT molecular complexity index is 836. The zero-order valence-corrected chi connectivity index (χ0v) is 16.2. The highest BCUT2D eigenvalue weighted by Gasteiger charge is 2.20. The lowest BCUT2D eigenvalue weighted by molar-refractivity contribution is -0.122. The highest BCUT2D eigenvalue weighted by atomic mass is 32.2. The van der Waals surface area contributed by atoms with Gasteiger partial charge in [0.1, 0.15) is 12.4 Å². The van der Waals surface area contributed by atoms with Gasteiger partial charge >= 0.3 is 0 Å². The first-order valence-corrected chi connectivity index (χ1v) is 10.2. The lowest BCUT2D eigenvalue weighted by Gasteiger charge is -2.14. The van der Waals surface area contributed by atoms with E-state index in [1.54, 1.807) is 16.7 Å². The fraction of sp³-hybridized carbons (Fsp3) is 0.421. The summed E-state index contributed by atoms with van der Waals surface area (Å²) in [7, 11) is 0. The van der Waals surface area contributed by atoms with Crippen molar-refractivity contribution in [2.24, 2.45) is 0 Å². The maximum atomic E-state index is 13.6. The number of carbonyl (C=O) groups excluding carboxylic acids is 2. The topological polar surface area (TPSA) is 96.2 Å². The van der Waals surface area contributed by atoms with Crippen molar-refractivity contribution in [1.29, 1.82) is 0 Å². The summed E-state index contributed by atoms with van der Waals surface area (Å²) >= 11 is 1.13. The Morgan fingerprint density at radius 1 is 1.25 bits per heavy atom. The summed E-state index contributed by atoms with van der Waals surface area (Å²) in [6, 6.07) is 6.14. The average molecular weight is 406 g/mol. The molecule has 7 nitrogen and oxygen atoms in total. The molecule has 0 spiro atoms. The van der Waals surface area contributed by atoms with Gasteiger partial charge in [-0.15, -0.1) is 0 Å². The van der Waals surface area contributed by atoms with Crippen molar-refractivity contribution in [2.75, 3.05) is 11.1 Å². The van der Waals surface area contributed by atoms with Gasteiger partial charge in [0.15, 0.2) is 5.16 Å². The minimum atomic E-state index is -0.506. The molecule has 28 heavy (non-hydrogen) atoms. The van der Waals surface area contributed by atoms with Gasteiger partial charge in [0.25, 0.3) is 0 Å². The second kappa shape index (κ2) is 9.70. The quantitative estimate of drug-likeness (QED) is 0.585. The van der Waals surface area contributed by atoms with E-state index in [1.807, 2.05) is 0 Å². The first kappa shape index (κ1) is 20.3. The van der Waals surface area contributed by atoms with Crippen molar-refractivity contribution in [1.82, 2.24) is 14.9 Å². The number of nitrogens with one attached hydrogen (secondary N) is 2. The minimum absolute atomic E-state index is 0.000457. The molecule has 3 rings (SSSR count). The van der Waals surface area contributed by atoms with Crippen molar-refractivity contribution < 1.29 is 19.1 Å². The molecule has 1 aromatic carbocycles. The number of aromatic nitrogens is 2. The van der Waals surface area contributed by atoms with Gasteiger partial charge in [-0.2, -0.15) is 0 Å². The third kappa shape index (κ3) is 5.32. The first-order valence-electron chi connectivity index (χ1n) is 9.18. The van der Waals surface area contributed by atoms with E-state index in [4.69, 9.17) is 0 Å². The number of imidazole rings is 1. The van der Waals surface area contributed by atoms with Crippen LogP contribution in [-0.2, 0) is 22.7 Å². The van der Waals surface area contributed by atoms with Gasteiger partial charge in [-0.05, 0) is 25.0 Å². The van der Waals surface area contributed by atoms with E-state index >= 15 is 0 Å². The number of aliphatic hydroxyl groups is 1. The Kier molecular flexibility index (Phi) is 7.05. The van der Waals surface area contributed by atoms with Crippen LogP contribution in [0.1, 0.15) is 31.4 Å². The van der Waals surface area contributed by atoms with Gasteiger partial charge in [0, 0.05) is 6.04 Å². The van der Waals surface area contributed by atoms with E-state index in [0.717, 1.165) is 37.4 Å². The molecule has 0 aliphatic heterocycles. The minimum Gasteiger partial charge on any atom is -0.390 e. The fourth-order valence-corrected chi connectivity index (χ4v) is 3.97. The van der Waals surface area contributed by atoms with Gasteiger partial charge in [-0.25, -0.2) is 9.37 Å². The molecule has 0 saturated heterocycles. The molecular weight excluding hydrogens is 383 g/mol. The summed E-state index contributed by atoms with van der Waals surface area (Å²) in [5.41, 5.74) is 0.613. The number of hydrogen-bond donors (Lipinski definition) is 3. The molecule has 9 heteroatoms. The molecule has 1 aromatic heterocycles. The molecule has 1 heterocycles. The number of aliphatic hydroxyl groups excluding tert-OH is 1. The van der Waals surface area contributed by atoms with Crippen molar-refractivity contribution in [3.8, 4) is 0 Å². The SMILES string of the molecule is O=C(CSc1ncc(CO)n1CC(=O)NC1CCCC1)Nc1ccccc1F. The average Bonchev–Trinajstić information content (AvgIpc) is 3.31. The van der Waals surface area contributed by atoms with Crippen LogP contribution in [0.5, 0.6) is 0 Å². The Morgan fingerprint density at radius 3 is 2.71 bits per heavy atom. The molecule has 2 aromatic rings. The van der Waals surface area contributed by atoms with E-state index in [2.05, 4.69) is 15.6 Å². The standard InChI is InChI=1S/C19H23FN4O3S/c20-15-7-3-4-8-16(15)23-18(27)12-28-19-21-9-14(11-25)24(19)10-17(26)22-13-5-1-2-6-13/h3-4,7-9,13,25H,1-2,5-6,10-12H2,(H,22,26)(H,23,27). The summed E-state index contributed by atoms with van der Waals surface area (Å²) in [6.07, 6.45) is 5.70. The van der Waals surface area contributed by atoms with Gasteiger partial charge in [-0.1, -0.05) is 36.7 Å². The number of amides is 2. The number of nitrogens with zero attached hydrogens (tertiary/aromatic N) is 2. The van der Waals surface area contributed by atoms with Crippen molar-refractivity contribution in [3.63, 3.8) is 0 Å². The van der Waals surface area contributed by atoms with Crippen molar-refractivity contribution in [2.45, 2.75) is 50.0 Å². The Balaban J connectivity index is 1.59. The van der Waals surface area contributed by atoms with E-state index in [9.17, 15) is 19.1 Å². The maximum Gasteiger partial charge on any atom is 0.240 e. The summed E-state index contributed by atoms with van der Waals surface area (Å²) in [5, 5.41) is 15.5. The third-order valence-electron chi connectivity index (χ3n) is 4.57. The van der Waals surface area contributed by atoms with E-state index in [1.165, 1.54) is 18.3 Å². The first-order chi connectivity index (χ1) is 13.6. The smallest absolute Gasteiger partial charge is 0.240 e. The van der Waals surface area contributed by atoms with Crippen LogP contribution in [0.15, 0.2) is 35.6 Å². The third-order valence-corrected chi connectivity index (χ3v) is 5.56. The molecule has 1 aliphatic carbocycles. The van der Waals surface area contributed by atoms with Crippen LogP contribution in [0, 0.1) is 5.82 Å². The van der Waals surface area contributed by atoms with E-state index in [0.29, 0.717) is 10.9 Å². The summed E-state index contributed by atoms with van der Waals surface area (Å²) in [5.74, 6) is -1.03. The van der Waals surface area contributed by atoms with Crippen LogP contribution in [0.2, 0.25) is 0 Å². The van der Waals surface area contributed by atoms with Crippen LogP contribution in [0.25, 0.3) is 0 Å². The molecule has 0 atom stereocenters. The van der Waals surface area contributed by atoms with Crippen LogP contribution in [0.4, 0.5) is 10.1 Å². The molecule has 0 radical (unpaired) electrons. The Hall–Kier alpha value is -2.39. The molecule has 0 unspecified atom stereocenters. The van der Waals surface area contributed by atoms with Gasteiger partial charge in [0.2, 0.25) is 11.8 Å². The second-order valence-electron chi connectivity index (χ2n) is 6.64. The molecule has 1 saturated carbocycles. The molecular formula is C19H23FN4O3S. The fourth-order valence-electron chi connectivity index (χ4n) is 3.17. The van der Waals surface area contributed by atoms with Crippen LogP contribution >= 0.6 is 11.8 Å². The monoisotopic (exact) mass is 406 g/mol. The second-order valence-corrected chi connectivity index (χ2v) is 7.58. The van der Waals surface area contributed by atoms with Crippen LogP contribution < -0.4 is 10.6 Å². The maximum absolute atomic E-state index is 13.6. The lowest BCUT2D eigenvalue weighted by atomic mass is 10.2. The van der Waals surface area contributed by atoms with Crippen molar-refractivity contribution in [3.05, 3.63) is 42.0 Å². The van der Waals surface area contributed by atoms with Crippen molar-refractivity contribution >= 4 is 29.3 Å². The normalized spacial score (nSPS) is 14.2. The predicted molar refractivity (Wildman–Crippen MR) is 104 cm³/mol. The van der Waals surface area contributed by atoms with E-state index < -0.39 is 5.82 Å². The molecule has 1 fully saturated rings. The number of carbonyl (C=O) groups is 2.